The summed E-state index contributed by atoms with van der Waals surface area (Å²) >= 11 is 3.52. The number of phenolic OH excluding ortho intramolecular Hbond substituents is 1. The highest BCUT2D eigenvalue weighted by Gasteiger charge is 2.16. The molecule has 2 rings (SSSR count). The van der Waals surface area contributed by atoms with E-state index in [0.29, 0.717) is 11.8 Å². The van der Waals surface area contributed by atoms with Gasteiger partial charge in [0.25, 0.3) is 0 Å². The number of nitrogens with one attached hydrogen (secondary N) is 1. The number of phenols is 1. The number of halogens is 2. The van der Waals surface area contributed by atoms with E-state index in [-0.39, 0.29) is 12.4 Å². The van der Waals surface area contributed by atoms with Crippen LogP contribution >= 0.6 is 28.3 Å². The number of nitrogens with zero attached hydrogens (tertiary/aromatic N) is 1. The SMILES string of the molecule is C[C@@H]1CN(Cc2cc(O)ccc2Br)CCN1.Cl. The fraction of sp³-hybridized carbons (Fsp3) is 0.500. The Hall–Kier alpha value is -0.290. The minimum absolute atomic E-state index is 0. The molecule has 3 nitrogen and oxygen atoms in total. The summed E-state index contributed by atoms with van der Waals surface area (Å²) < 4.78 is 1.07. The second kappa shape index (κ2) is 6.59. The molecule has 0 radical (unpaired) electrons. The van der Waals surface area contributed by atoms with Gasteiger partial charge in [-0.3, -0.25) is 4.90 Å². The zero-order valence-corrected chi connectivity index (χ0v) is 12.2. The molecule has 1 aliphatic heterocycles. The molecule has 1 heterocycles. The molecule has 1 aromatic rings. The lowest BCUT2D eigenvalue weighted by atomic mass is 10.1. The third-order valence-electron chi connectivity index (χ3n) is 2.88. The van der Waals surface area contributed by atoms with Crippen LogP contribution in [-0.4, -0.2) is 35.7 Å². The van der Waals surface area contributed by atoms with Crippen molar-refractivity contribution < 1.29 is 5.11 Å². The van der Waals surface area contributed by atoms with E-state index >= 15 is 0 Å². The zero-order chi connectivity index (χ0) is 11.5. The minimum atomic E-state index is 0. The topological polar surface area (TPSA) is 35.5 Å². The van der Waals surface area contributed by atoms with Crippen LogP contribution in [0.4, 0.5) is 0 Å². The lowest BCUT2D eigenvalue weighted by molar-refractivity contribution is 0.199. The normalized spacial score (nSPS) is 20.9. The van der Waals surface area contributed by atoms with E-state index in [1.165, 1.54) is 0 Å². The predicted molar refractivity (Wildman–Crippen MR) is 75.8 cm³/mol. The van der Waals surface area contributed by atoms with Crippen molar-refractivity contribution in [2.45, 2.75) is 19.5 Å². The lowest BCUT2D eigenvalue weighted by Crippen LogP contribution is -2.48. The number of benzene rings is 1. The maximum Gasteiger partial charge on any atom is 0.115 e. The van der Waals surface area contributed by atoms with Crippen molar-refractivity contribution in [2.24, 2.45) is 0 Å². The van der Waals surface area contributed by atoms with Crippen molar-refractivity contribution in [1.29, 1.82) is 0 Å². The monoisotopic (exact) mass is 320 g/mol. The van der Waals surface area contributed by atoms with E-state index < -0.39 is 0 Å². The van der Waals surface area contributed by atoms with E-state index in [4.69, 9.17) is 0 Å². The molecule has 0 aromatic heterocycles. The van der Waals surface area contributed by atoms with Crippen molar-refractivity contribution in [2.75, 3.05) is 19.6 Å². The molecule has 0 bridgehead atoms. The summed E-state index contributed by atoms with van der Waals surface area (Å²) in [6, 6.07) is 5.98. The molecule has 96 valence electrons. The summed E-state index contributed by atoms with van der Waals surface area (Å²) in [6.45, 7) is 6.25. The van der Waals surface area contributed by atoms with E-state index in [2.05, 4.69) is 33.1 Å². The smallest absolute Gasteiger partial charge is 0.115 e. The Kier molecular flexibility index (Phi) is 5.73. The van der Waals surface area contributed by atoms with Crippen LogP contribution in [-0.2, 0) is 6.54 Å². The first-order chi connectivity index (χ1) is 7.65. The molecule has 0 spiro atoms. The molecule has 2 N–H and O–H groups in total. The molecule has 1 fully saturated rings. The van der Waals surface area contributed by atoms with Crippen LogP contribution in [0.3, 0.4) is 0 Å². The van der Waals surface area contributed by atoms with Gasteiger partial charge in [0.05, 0.1) is 0 Å². The Balaban J connectivity index is 0.00000144. The molecule has 0 amide bonds. The van der Waals surface area contributed by atoms with Gasteiger partial charge in [0.1, 0.15) is 5.75 Å². The number of aromatic hydroxyl groups is 1. The average Bonchev–Trinajstić information content (AvgIpc) is 2.24. The maximum absolute atomic E-state index is 9.47. The number of hydrogen-bond donors (Lipinski definition) is 2. The van der Waals surface area contributed by atoms with Gasteiger partial charge in [-0.1, -0.05) is 15.9 Å². The van der Waals surface area contributed by atoms with Gasteiger partial charge in [-0.05, 0) is 30.7 Å². The summed E-state index contributed by atoms with van der Waals surface area (Å²) in [5, 5.41) is 12.9. The van der Waals surface area contributed by atoms with E-state index in [0.717, 1.165) is 36.2 Å². The van der Waals surface area contributed by atoms with Crippen LogP contribution in [0.25, 0.3) is 0 Å². The molecule has 1 aliphatic rings. The van der Waals surface area contributed by atoms with Crippen LogP contribution in [0.2, 0.25) is 0 Å². The fourth-order valence-corrected chi connectivity index (χ4v) is 2.45. The van der Waals surface area contributed by atoms with Crippen molar-refractivity contribution in [3.63, 3.8) is 0 Å². The van der Waals surface area contributed by atoms with Gasteiger partial charge in [0.2, 0.25) is 0 Å². The summed E-state index contributed by atoms with van der Waals surface area (Å²) in [5.74, 6) is 0.335. The standard InChI is InChI=1S/C12H17BrN2O.ClH/c1-9-7-15(5-4-14-9)8-10-6-11(16)2-3-12(10)13;/h2-3,6,9,14,16H,4-5,7-8H2,1H3;1H/t9-;/m1./s1. The molecule has 0 aliphatic carbocycles. The first kappa shape index (κ1) is 14.8. The largest absolute Gasteiger partial charge is 0.508 e. The second-order valence-electron chi connectivity index (χ2n) is 4.37. The van der Waals surface area contributed by atoms with Crippen molar-refractivity contribution >= 4 is 28.3 Å². The number of piperazine rings is 1. The second-order valence-corrected chi connectivity index (χ2v) is 5.22. The molecule has 0 saturated carbocycles. The fourth-order valence-electron chi connectivity index (χ4n) is 2.08. The highest BCUT2D eigenvalue weighted by molar-refractivity contribution is 9.10. The summed E-state index contributed by atoms with van der Waals surface area (Å²) in [4.78, 5) is 2.40. The Morgan fingerprint density at radius 2 is 2.29 bits per heavy atom. The maximum atomic E-state index is 9.47. The number of rotatable bonds is 2. The van der Waals surface area contributed by atoms with E-state index in [9.17, 15) is 5.11 Å². The average molecular weight is 322 g/mol. The molecular formula is C12H18BrClN2O. The van der Waals surface area contributed by atoms with Gasteiger partial charge < -0.3 is 10.4 Å². The van der Waals surface area contributed by atoms with Crippen LogP contribution in [0, 0.1) is 0 Å². The molecule has 1 aromatic carbocycles. The van der Waals surface area contributed by atoms with Gasteiger partial charge in [-0.2, -0.15) is 0 Å². The highest BCUT2D eigenvalue weighted by Crippen LogP contribution is 2.23. The molecule has 1 atom stereocenters. The highest BCUT2D eigenvalue weighted by atomic mass is 79.9. The lowest BCUT2D eigenvalue weighted by Gasteiger charge is -2.32. The molecule has 0 unspecified atom stereocenters. The summed E-state index contributed by atoms with van der Waals surface area (Å²) in [7, 11) is 0. The van der Waals surface area contributed by atoms with Crippen LogP contribution in [0.1, 0.15) is 12.5 Å². The van der Waals surface area contributed by atoms with Crippen LogP contribution < -0.4 is 5.32 Å². The molecule has 17 heavy (non-hydrogen) atoms. The van der Waals surface area contributed by atoms with Crippen molar-refractivity contribution in [3.05, 3.63) is 28.2 Å². The molecular weight excluding hydrogens is 304 g/mol. The van der Waals surface area contributed by atoms with Gasteiger partial charge in [-0.15, -0.1) is 12.4 Å². The van der Waals surface area contributed by atoms with Crippen molar-refractivity contribution in [1.82, 2.24) is 10.2 Å². The third kappa shape index (κ3) is 4.14. The Labute approximate surface area is 117 Å². The first-order valence-electron chi connectivity index (χ1n) is 5.58. The molecule has 1 saturated heterocycles. The Morgan fingerprint density at radius 1 is 1.53 bits per heavy atom. The van der Waals surface area contributed by atoms with Gasteiger partial charge in [0.15, 0.2) is 0 Å². The summed E-state index contributed by atoms with van der Waals surface area (Å²) in [6.07, 6.45) is 0. The van der Waals surface area contributed by atoms with Crippen LogP contribution in [0.15, 0.2) is 22.7 Å². The molecule has 5 heteroatoms. The quantitative estimate of drug-likeness (QED) is 0.878. The minimum Gasteiger partial charge on any atom is -0.508 e. The summed E-state index contributed by atoms with van der Waals surface area (Å²) in [5.41, 5.74) is 1.15. The zero-order valence-electron chi connectivity index (χ0n) is 9.82. The number of hydrogen-bond acceptors (Lipinski definition) is 3. The third-order valence-corrected chi connectivity index (χ3v) is 3.65. The Morgan fingerprint density at radius 3 is 3.00 bits per heavy atom. The van der Waals surface area contributed by atoms with E-state index in [1.54, 1.807) is 6.07 Å². The van der Waals surface area contributed by atoms with Gasteiger partial charge in [0, 0.05) is 36.7 Å². The van der Waals surface area contributed by atoms with Crippen LogP contribution in [0.5, 0.6) is 5.75 Å². The van der Waals surface area contributed by atoms with Crippen molar-refractivity contribution in [3.8, 4) is 5.75 Å². The predicted octanol–water partition coefficient (Wildman–Crippen LogP) is 2.37. The first-order valence-corrected chi connectivity index (χ1v) is 6.37. The van der Waals surface area contributed by atoms with E-state index in [1.807, 2.05) is 12.1 Å². The Bertz CT molecular complexity index is 376. The van der Waals surface area contributed by atoms with Gasteiger partial charge in [-0.25, -0.2) is 0 Å². The van der Waals surface area contributed by atoms with Gasteiger partial charge >= 0.3 is 0 Å².